The van der Waals surface area contributed by atoms with Gasteiger partial charge in [0, 0.05) is 12.1 Å². The Morgan fingerprint density at radius 3 is 2.72 bits per heavy atom. The number of sulfone groups is 1. The van der Waals surface area contributed by atoms with E-state index in [4.69, 9.17) is 16.6 Å². The lowest BCUT2D eigenvalue weighted by molar-refractivity contribution is -0.384. The molecule has 1 aromatic heterocycles. The highest BCUT2D eigenvalue weighted by atomic mass is 32.2. The van der Waals surface area contributed by atoms with E-state index in [1.54, 1.807) is 30.3 Å². The fourth-order valence-corrected chi connectivity index (χ4v) is 6.40. The third kappa shape index (κ3) is 3.85. The number of amides is 1. The molecular weight excluding hydrogens is 436 g/mol. The molecule has 0 aliphatic carbocycles. The maximum absolute atomic E-state index is 12.8. The van der Waals surface area contributed by atoms with Crippen LogP contribution in [-0.4, -0.2) is 46.0 Å². The van der Waals surface area contributed by atoms with Gasteiger partial charge in [0.2, 0.25) is 0 Å². The van der Waals surface area contributed by atoms with Crippen molar-refractivity contribution in [1.82, 2.24) is 4.90 Å². The van der Waals surface area contributed by atoms with Crippen molar-refractivity contribution in [1.29, 1.82) is 0 Å². The van der Waals surface area contributed by atoms with Crippen molar-refractivity contribution < 1.29 is 22.6 Å². The van der Waals surface area contributed by atoms with E-state index in [0.717, 1.165) is 11.8 Å². The summed E-state index contributed by atoms with van der Waals surface area (Å²) >= 11 is 6.36. The number of nitro groups is 1. The van der Waals surface area contributed by atoms with Gasteiger partial charge >= 0.3 is 0 Å². The Bertz CT molecular complexity index is 1170. The van der Waals surface area contributed by atoms with Gasteiger partial charge in [-0.15, -0.1) is 0 Å². The predicted octanol–water partition coefficient (Wildman–Crippen LogP) is 3.24. The number of nitrogens with zero attached hydrogens (tertiary/aromatic N) is 2. The van der Waals surface area contributed by atoms with Gasteiger partial charge in [0.1, 0.15) is 15.8 Å². The quantitative estimate of drug-likeness (QED) is 0.302. The maximum Gasteiger partial charge on any atom is 0.280 e. The number of para-hydroxylation sites is 1. The first-order valence-electron chi connectivity index (χ1n) is 8.56. The zero-order valence-electron chi connectivity index (χ0n) is 14.8. The summed E-state index contributed by atoms with van der Waals surface area (Å²) in [5.74, 6) is 0.254. The van der Waals surface area contributed by atoms with Crippen LogP contribution in [0, 0.1) is 10.1 Å². The Labute approximate surface area is 175 Å². The van der Waals surface area contributed by atoms with E-state index in [-0.39, 0.29) is 23.1 Å². The highest BCUT2D eigenvalue weighted by molar-refractivity contribution is 8.26. The standard InChI is InChI=1S/C18H14N2O6S3/c21-17-16(28-18(27)19(17)11-7-8-29(24,25)10-11)9-12-5-6-15(26-12)13-3-1-2-4-14(13)20(22)23/h1-6,9,11H,7-8,10H2/b16-9+/t11-/m1/s1. The molecule has 150 valence electrons. The van der Waals surface area contributed by atoms with Crippen molar-refractivity contribution in [3.8, 4) is 11.3 Å². The summed E-state index contributed by atoms with van der Waals surface area (Å²) < 4.78 is 29.5. The Hall–Kier alpha value is -2.50. The minimum absolute atomic E-state index is 0.0468. The molecule has 2 aliphatic rings. The van der Waals surface area contributed by atoms with Crippen molar-refractivity contribution in [3.05, 3.63) is 57.2 Å². The second-order valence-corrected chi connectivity index (χ2v) is 10.5. The van der Waals surface area contributed by atoms with Crippen molar-refractivity contribution >= 4 is 55.8 Å². The van der Waals surface area contributed by atoms with Gasteiger partial charge in [-0.25, -0.2) is 8.42 Å². The summed E-state index contributed by atoms with van der Waals surface area (Å²) in [5.41, 5.74) is 0.253. The van der Waals surface area contributed by atoms with Crippen LogP contribution in [0.2, 0.25) is 0 Å². The molecule has 0 spiro atoms. The number of carbonyl (C=O) groups excluding carboxylic acids is 1. The molecule has 2 saturated heterocycles. The molecular formula is C18H14N2O6S3. The molecule has 1 atom stereocenters. The van der Waals surface area contributed by atoms with Crippen molar-refractivity contribution in [2.45, 2.75) is 12.5 Å². The number of thioether (sulfide) groups is 1. The van der Waals surface area contributed by atoms with Gasteiger partial charge in [-0.2, -0.15) is 0 Å². The molecule has 0 unspecified atom stereocenters. The second kappa shape index (κ2) is 7.39. The molecule has 3 heterocycles. The topological polar surface area (TPSA) is 111 Å². The van der Waals surface area contributed by atoms with Gasteiger partial charge in [0.15, 0.2) is 9.84 Å². The molecule has 2 aliphatic heterocycles. The van der Waals surface area contributed by atoms with E-state index in [2.05, 4.69) is 0 Å². The third-order valence-corrected chi connectivity index (χ3v) is 7.74. The zero-order valence-corrected chi connectivity index (χ0v) is 17.3. The first kappa shape index (κ1) is 19.8. The van der Waals surface area contributed by atoms with Crippen LogP contribution in [0.4, 0.5) is 5.69 Å². The van der Waals surface area contributed by atoms with E-state index in [0.29, 0.717) is 32.7 Å². The number of rotatable bonds is 4. The molecule has 2 aromatic rings. The highest BCUT2D eigenvalue weighted by Gasteiger charge is 2.42. The summed E-state index contributed by atoms with van der Waals surface area (Å²) in [5, 5.41) is 11.2. The summed E-state index contributed by atoms with van der Waals surface area (Å²) in [4.78, 5) is 25.2. The molecule has 29 heavy (non-hydrogen) atoms. The monoisotopic (exact) mass is 450 g/mol. The van der Waals surface area contributed by atoms with Crippen molar-refractivity contribution in [3.63, 3.8) is 0 Å². The molecule has 0 radical (unpaired) electrons. The van der Waals surface area contributed by atoms with Gasteiger partial charge in [-0.05, 0) is 24.6 Å². The number of carbonyl (C=O) groups is 1. The largest absolute Gasteiger partial charge is 0.456 e. The lowest BCUT2D eigenvalue weighted by atomic mass is 10.1. The molecule has 0 bridgehead atoms. The van der Waals surface area contributed by atoms with E-state index in [9.17, 15) is 23.3 Å². The fraction of sp³-hybridized carbons (Fsp3) is 0.222. The number of nitro benzene ring substituents is 1. The van der Waals surface area contributed by atoms with Crippen LogP contribution >= 0.6 is 24.0 Å². The second-order valence-electron chi connectivity index (χ2n) is 6.58. The average molecular weight is 451 g/mol. The van der Waals surface area contributed by atoms with Gasteiger partial charge in [-0.1, -0.05) is 36.1 Å². The van der Waals surface area contributed by atoms with E-state index < -0.39 is 20.8 Å². The van der Waals surface area contributed by atoms with Crippen molar-refractivity contribution in [2.24, 2.45) is 0 Å². The van der Waals surface area contributed by atoms with Crippen LogP contribution in [0.25, 0.3) is 17.4 Å². The van der Waals surface area contributed by atoms with Crippen molar-refractivity contribution in [2.75, 3.05) is 11.5 Å². The van der Waals surface area contributed by atoms with Crippen LogP contribution in [0.1, 0.15) is 12.2 Å². The first-order chi connectivity index (χ1) is 13.7. The lowest BCUT2D eigenvalue weighted by Crippen LogP contribution is -2.39. The number of hydrogen-bond donors (Lipinski definition) is 0. The Morgan fingerprint density at radius 2 is 2.03 bits per heavy atom. The molecule has 0 saturated carbocycles. The molecule has 8 nitrogen and oxygen atoms in total. The van der Waals surface area contributed by atoms with Crippen LogP contribution in [0.15, 0.2) is 45.7 Å². The van der Waals surface area contributed by atoms with Gasteiger partial charge in [0.05, 0.1) is 32.9 Å². The normalized spacial score (nSPS) is 22.6. The Kier molecular flexibility index (Phi) is 5.05. The smallest absolute Gasteiger partial charge is 0.280 e. The van der Waals surface area contributed by atoms with Gasteiger partial charge < -0.3 is 4.42 Å². The SMILES string of the molecule is O=C1/C(=C\c2ccc(-c3ccccc3[N+](=O)[O-])o2)SC(=S)N1[C@@H]1CCS(=O)(=O)C1. The lowest BCUT2D eigenvalue weighted by Gasteiger charge is -2.20. The molecule has 11 heteroatoms. The Morgan fingerprint density at radius 1 is 1.28 bits per heavy atom. The first-order valence-corrected chi connectivity index (χ1v) is 11.6. The van der Waals surface area contributed by atoms with Crippen LogP contribution in [-0.2, 0) is 14.6 Å². The molecule has 2 fully saturated rings. The number of hydrogen-bond acceptors (Lipinski definition) is 8. The summed E-state index contributed by atoms with van der Waals surface area (Å²) in [6, 6.07) is 8.97. The van der Waals surface area contributed by atoms with Gasteiger partial charge in [0.25, 0.3) is 11.6 Å². The average Bonchev–Trinajstić information content (AvgIpc) is 3.34. The summed E-state index contributed by atoms with van der Waals surface area (Å²) in [6.07, 6.45) is 1.88. The zero-order chi connectivity index (χ0) is 20.8. The molecule has 1 aromatic carbocycles. The number of benzene rings is 1. The van der Waals surface area contributed by atoms with Crippen LogP contribution in [0.3, 0.4) is 0 Å². The van der Waals surface area contributed by atoms with E-state index in [1.807, 2.05) is 0 Å². The van der Waals surface area contributed by atoms with E-state index >= 15 is 0 Å². The third-order valence-electron chi connectivity index (χ3n) is 4.66. The summed E-state index contributed by atoms with van der Waals surface area (Å²) in [7, 11) is -3.15. The molecule has 0 N–H and O–H groups in total. The number of thiocarbonyl (C=S) groups is 1. The maximum atomic E-state index is 12.8. The minimum atomic E-state index is -3.15. The summed E-state index contributed by atoms with van der Waals surface area (Å²) in [6.45, 7) is 0. The predicted molar refractivity (Wildman–Crippen MR) is 113 cm³/mol. The molecule has 1 amide bonds. The van der Waals surface area contributed by atoms with Crippen LogP contribution < -0.4 is 0 Å². The highest BCUT2D eigenvalue weighted by Crippen LogP contribution is 2.37. The van der Waals surface area contributed by atoms with Crippen LogP contribution in [0.5, 0.6) is 0 Å². The van der Waals surface area contributed by atoms with E-state index in [1.165, 1.54) is 17.0 Å². The van der Waals surface area contributed by atoms with Gasteiger partial charge in [-0.3, -0.25) is 19.8 Å². The Balaban J connectivity index is 1.59. The molecule has 4 rings (SSSR count). The number of furan rings is 1. The minimum Gasteiger partial charge on any atom is -0.456 e. The fourth-order valence-electron chi connectivity index (χ4n) is 3.32.